The first-order valence-corrected chi connectivity index (χ1v) is 20.1. The van der Waals surface area contributed by atoms with E-state index >= 15 is 0 Å². The fourth-order valence-corrected chi connectivity index (χ4v) is 6.25. The molecular formula is C39H74O10. The number of esters is 2. The number of ether oxygens (including phenoxy) is 4. The molecule has 1 fully saturated rings. The number of carbonyl (C=O) groups excluding carboxylic acids is 2. The number of aliphatic hydroxyl groups is 4. The number of aliphatic hydroxyl groups excluding tert-OH is 4. The van der Waals surface area contributed by atoms with Crippen molar-refractivity contribution in [3.63, 3.8) is 0 Å². The maximum atomic E-state index is 12.7. The highest BCUT2D eigenvalue weighted by atomic mass is 16.7. The van der Waals surface area contributed by atoms with Gasteiger partial charge in [-0.25, -0.2) is 0 Å². The first-order valence-electron chi connectivity index (χ1n) is 20.1. The van der Waals surface area contributed by atoms with E-state index < -0.39 is 49.4 Å². The van der Waals surface area contributed by atoms with Crippen molar-refractivity contribution in [2.75, 3.05) is 19.8 Å². The van der Waals surface area contributed by atoms with Crippen LogP contribution in [-0.4, -0.2) is 89.0 Å². The van der Waals surface area contributed by atoms with Crippen LogP contribution in [0.3, 0.4) is 0 Å². The molecule has 1 saturated heterocycles. The van der Waals surface area contributed by atoms with Gasteiger partial charge in [0.05, 0.1) is 13.2 Å². The van der Waals surface area contributed by atoms with Crippen molar-refractivity contribution in [1.29, 1.82) is 0 Å². The second-order valence-electron chi connectivity index (χ2n) is 14.1. The van der Waals surface area contributed by atoms with Crippen molar-refractivity contribution < 1.29 is 49.0 Å². The van der Waals surface area contributed by atoms with E-state index in [9.17, 15) is 30.0 Å². The summed E-state index contributed by atoms with van der Waals surface area (Å²) in [6.07, 6.45) is 21.1. The highest BCUT2D eigenvalue weighted by molar-refractivity contribution is 5.70. The van der Waals surface area contributed by atoms with Crippen LogP contribution in [0.5, 0.6) is 0 Å². The maximum Gasteiger partial charge on any atom is 0.306 e. The summed E-state index contributed by atoms with van der Waals surface area (Å²) >= 11 is 0. The van der Waals surface area contributed by atoms with Gasteiger partial charge in [0.2, 0.25) is 0 Å². The van der Waals surface area contributed by atoms with Crippen molar-refractivity contribution in [3.8, 4) is 0 Å². The third-order valence-corrected chi connectivity index (χ3v) is 9.49. The number of carbonyl (C=O) groups is 2. The van der Waals surface area contributed by atoms with Crippen molar-refractivity contribution in [2.45, 2.75) is 218 Å². The van der Waals surface area contributed by atoms with Crippen LogP contribution >= 0.6 is 0 Å². The molecule has 10 heteroatoms. The summed E-state index contributed by atoms with van der Waals surface area (Å²) in [5, 5.41) is 39.9. The second kappa shape index (κ2) is 31.4. The molecule has 0 saturated carbocycles. The van der Waals surface area contributed by atoms with Crippen molar-refractivity contribution >= 4 is 11.9 Å². The minimum absolute atomic E-state index is 0.210. The lowest BCUT2D eigenvalue weighted by molar-refractivity contribution is -0.305. The molecule has 6 atom stereocenters. The zero-order chi connectivity index (χ0) is 36.0. The third-order valence-electron chi connectivity index (χ3n) is 9.49. The Hall–Kier alpha value is -1.30. The Morgan fingerprint density at radius 2 is 0.959 bits per heavy atom. The number of hydrogen-bond acceptors (Lipinski definition) is 10. The zero-order valence-corrected chi connectivity index (χ0v) is 31.2. The SMILES string of the molecule is CCCCCCCCCCCCCCCC(=O)OC[C@@H](CO[C@H]1O[C@@H](CO)[C@@H](O)C(O)C1O)OC(=O)CCCCCCCCCCCCC. The van der Waals surface area contributed by atoms with E-state index in [0.29, 0.717) is 6.42 Å². The Balaban J connectivity index is 2.37. The number of hydrogen-bond donors (Lipinski definition) is 4. The highest BCUT2D eigenvalue weighted by Crippen LogP contribution is 2.22. The van der Waals surface area contributed by atoms with E-state index in [1.54, 1.807) is 0 Å². The molecule has 290 valence electrons. The van der Waals surface area contributed by atoms with Gasteiger partial charge in [0.1, 0.15) is 31.0 Å². The fraction of sp³-hybridized carbons (Fsp3) is 0.949. The van der Waals surface area contributed by atoms with Gasteiger partial charge in [-0.3, -0.25) is 9.59 Å². The molecule has 49 heavy (non-hydrogen) atoms. The Bertz CT molecular complexity index is 779. The molecule has 0 spiro atoms. The number of unbranched alkanes of at least 4 members (excludes halogenated alkanes) is 22. The molecule has 0 aliphatic carbocycles. The van der Waals surface area contributed by atoms with Gasteiger partial charge >= 0.3 is 11.9 Å². The second-order valence-corrected chi connectivity index (χ2v) is 14.1. The molecule has 0 radical (unpaired) electrons. The Morgan fingerprint density at radius 1 is 0.551 bits per heavy atom. The van der Waals surface area contributed by atoms with Crippen LogP contribution in [0.2, 0.25) is 0 Å². The van der Waals surface area contributed by atoms with Crippen LogP contribution in [0.25, 0.3) is 0 Å². The Kier molecular flexibility index (Phi) is 29.3. The maximum absolute atomic E-state index is 12.7. The summed E-state index contributed by atoms with van der Waals surface area (Å²) < 4.78 is 22.1. The number of rotatable bonds is 33. The van der Waals surface area contributed by atoms with Gasteiger partial charge in [0.15, 0.2) is 12.4 Å². The molecule has 1 aliphatic heterocycles. The van der Waals surface area contributed by atoms with E-state index in [4.69, 9.17) is 18.9 Å². The van der Waals surface area contributed by atoms with Crippen LogP contribution in [-0.2, 0) is 28.5 Å². The first-order chi connectivity index (χ1) is 23.8. The molecule has 4 N–H and O–H groups in total. The summed E-state index contributed by atoms with van der Waals surface area (Å²) in [4.78, 5) is 25.2. The zero-order valence-electron chi connectivity index (χ0n) is 31.2. The molecule has 2 unspecified atom stereocenters. The Labute approximate surface area is 298 Å². The van der Waals surface area contributed by atoms with E-state index in [2.05, 4.69) is 13.8 Å². The smallest absolute Gasteiger partial charge is 0.306 e. The molecule has 1 rings (SSSR count). The topological polar surface area (TPSA) is 152 Å². The lowest BCUT2D eigenvalue weighted by Crippen LogP contribution is -2.59. The standard InChI is InChI=1S/C39H74O10/c1-3-5-7-9-11-13-15-16-18-19-21-23-25-27-34(41)46-30-32(31-47-39-38(45)37(44)36(43)33(29-40)49-39)48-35(42)28-26-24-22-20-17-14-12-10-8-6-4-2/h32-33,36-40,43-45H,3-31H2,1-2H3/t32-,33-,36+,37?,38?,39-/m0/s1. The lowest BCUT2D eigenvalue weighted by atomic mass is 9.99. The van der Waals surface area contributed by atoms with Crippen LogP contribution in [0.15, 0.2) is 0 Å². The summed E-state index contributed by atoms with van der Waals surface area (Å²) in [5.74, 6) is -0.798. The molecule has 0 amide bonds. The molecular weight excluding hydrogens is 628 g/mol. The van der Waals surface area contributed by atoms with Gasteiger partial charge in [0, 0.05) is 12.8 Å². The van der Waals surface area contributed by atoms with Gasteiger partial charge in [-0.05, 0) is 12.8 Å². The molecule has 1 heterocycles. The molecule has 0 aromatic carbocycles. The van der Waals surface area contributed by atoms with Crippen molar-refractivity contribution in [1.82, 2.24) is 0 Å². The summed E-state index contributed by atoms with van der Waals surface area (Å²) in [5.41, 5.74) is 0. The highest BCUT2D eigenvalue weighted by Gasteiger charge is 2.44. The summed E-state index contributed by atoms with van der Waals surface area (Å²) in [6.45, 7) is 3.41. The van der Waals surface area contributed by atoms with Crippen LogP contribution in [0, 0.1) is 0 Å². The Morgan fingerprint density at radius 3 is 1.39 bits per heavy atom. The van der Waals surface area contributed by atoms with E-state index in [-0.39, 0.29) is 32.0 Å². The van der Waals surface area contributed by atoms with Crippen LogP contribution in [0.1, 0.15) is 181 Å². The quantitative estimate of drug-likeness (QED) is 0.0401. The first kappa shape index (κ1) is 45.7. The average Bonchev–Trinajstić information content (AvgIpc) is 3.10. The van der Waals surface area contributed by atoms with Crippen LogP contribution in [0.4, 0.5) is 0 Å². The van der Waals surface area contributed by atoms with Crippen molar-refractivity contribution in [2.24, 2.45) is 0 Å². The third kappa shape index (κ3) is 23.7. The van der Waals surface area contributed by atoms with Crippen LogP contribution < -0.4 is 0 Å². The average molecular weight is 703 g/mol. The molecule has 0 aromatic heterocycles. The van der Waals surface area contributed by atoms with Gasteiger partial charge in [-0.2, -0.15) is 0 Å². The monoisotopic (exact) mass is 703 g/mol. The molecule has 0 bridgehead atoms. The fourth-order valence-electron chi connectivity index (χ4n) is 6.25. The summed E-state index contributed by atoms with van der Waals surface area (Å²) in [7, 11) is 0. The largest absolute Gasteiger partial charge is 0.462 e. The van der Waals surface area contributed by atoms with Gasteiger partial charge in [-0.1, -0.05) is 155 Å². The van der Waals surface area contributed by atoms with E-state index in [0.717, 1.165) is 38.5 Å². The predicted octanol–water partition coefficient (Wildman–Crippen LogP) is 7.44. The van der Waals surface area contributed by atoms with Gasteiger partial charge < -0.3 is 39.4 Å². The molecule has 10 nitrogen and oxygen atoms in total. The van der Waals surface area contributed by atoms with E-state index in [1.807, 2.05) is 0 Å². The summed E-state index contributed by atoms with van der Waals surface area (Å²) in [6, 6.07) is 0. The van der Waals surface area contributed by atoms with Gasteiger partial charge in [-0.15, -0.1) is 0 Å². The van der Waals surface area contributed by atoms with Gasteiger partial charge in [0.25, 0.3) is 0 Å². The minimum Gasteiger partial charge on any atom is -0.462 e. The predicted molar refractivity (Wildman–Crippen MR) is 192 cm³/mol. The lowest BCUT2D eigenvalue weighted by Gasteiger charge is -2.39. The minimum atomic E-state index is -1.59. The van der Waals surface area contributed by atoms with Crippen molar-refractivity contribution in [3.05, 3.63) is 0 Å². The normalized spacial score (nSPS) is 21.5. The molecule has 1 aliphatic rings. The van der Waals surface area contributed by atoms with E-state index in [1.165, 1.54) is 109 Å². The molecule has 0 aromatic rings.